The molecule has 15 heavy (non-hydrogen) atoms. The van der Waals surface area contributed by atoms with Gasteiger partial charge in [0.2, 0.25) is 0 Å². The molecule has 0 aliphatic heterocycles. The highest BCUT2D eigenvalue weighted by Gasteiger charge is 2.30. The molecule has 0 saturated carbocycles. The van der Waals surface area contributed by atoms with Gasteiger partial charge < -0.3 is 4.74 Å². The first kappa shape index (κ1) is 14.1. The van der Waals surface area contributed by atoms with Gasteiger partial charge in [-0.05, 0) is 19.3 Å². The smallest absolute Gasteiger partial charge is 0.316 e. The Bertz CT molecular complexity index is 219. The number of Topliss-reactive ketones (excluding diaryl/α,β-unsaturated/α-hetero) is 1. The minimum atomic E-state index is -0.579. The van der Waals surface area contributed by atoms with Crippen molar-refractivity contribution in [3.05, 3.63) is 0 Å². The number of ketones is 1. The van der Waals surface area contributed by atoms with Crippen LogP contribution in [-0.2, 0) is 14.3 Å². The van der Waals surface area contributed by atoms with Gasteiger partial charge in [-0.3, -0.25) is 9.59 Å². The minimum Gasteiger partial charge on any atom is -0.465 e. The van der Waals surface area contributed by atoms with E-state index in [4.69, 9.17) is 4.74 Å². The van der Waals surface area contributed by atoms with E-state index in [2.05, 4.69) is 0 Å². The number of carbonyl (C=O) groups excluding carboxylic acids is 2. The average molecular weight is 214 g/mol. The molecule has 3 nitrogen and oxygen atoms in total. The van der Waals surface area contributed by atoms with E-state index >= 15 is 0 Å². The van der Waals surface area contributed by atoms with Crippen LogP contribution in [0.15, 0.2) is 0 Å². The Labute approximate surface area is 92.2 Å². The minimum absolute atomic E-state index is 0.0119. The Morgan fingerprint density at radius 3 is 2.00 bits per heavy atom. The topological polar surface area (TPSA) is 43.4 Å². The summed E-state index contributed by atoms with van der Waals surface area (Å²) in [4.78, 5) is 23.4. The lowest BCUT2D eigenvalue weighted by atomic mass is 9.88. The van der Waals surface area contributed by atoms with Gasteiger partial charge in [-0.2, -0.15) is 0 Å². The first-order valence-electron chi connectivity index (χ1n) is 5.60. The van der Waals surface area contributed by atoms with Crippen LogP contribution in [0.4, 0.5) is 0 Å². The van der Waals surface area contributed by atoms with Crippen LogP contribution in [0.25, 0.3) is 0 Å². The summed E-state index contributed by atoms with van der Waals surface area (Å²) in [6.07, 6.45) is 0.579. The molecule has 0 rings (SSSR count). The summed E-state index contributed by atoms with van der Waals surface area (Å²) in [5, 5.41) is 0. The van der Waals surface area contributed by atoms with Gasteiger partial charge in [0, 0.05) is 5.92 Å². The van der Waals surface area contributed by atoms with E-state index in [1.54, 1.807) is 6.92 Å². The first-order valence-corrected chi connectivity index (χ1v) is 5.60. The van der Waals surface area contributed by atoms with Crippen molar-refractivity contribution in [1.82, 2.24) is 0 Å². The number of rotatable bonds is 6. The second-order valence-corrected chi connectivity index (χ2v) is 4.49. The van der Waals surface area contributed by atoms with Crippen molar-refractivity contribution in [2.75, 3.05) is 6.61 Å². The molecule has 1 unspecified atom stereocenters. The zero-order valence-corrected chi connectivity index (χ0v) is 10.4. The van der Waals surface area contributed by atoms with Crippen LogP contribution < -0.4 is 0 Å². The van der Waals surface area contributed by atoms with Crippen LogP contribution in [0, 0.1) is 17.8 Å². The SMILES string of the molecule is CCOC(=O)C(CC(C)C)C(=O)C(C)C. The second kappa shape index (κ2) is 6.59. The number of hydrogen-bond donors (Lipinski definition) is 0. The van der Waals surface area contributed by atoms with Gasteiger partial charge >= 0.3 is 5.97 Å². The number of carbonyl (C=O) groups is 2. The zero-order chi connectivity index (χ0) is 12.0. The van der Waals surface area contributed by atoms with Crippen molar-refractivity contribution < 1.29 is 14.3 Å². The quantitative estimate of drug-likeness (QED) is 0.504. The Kier molecular flexibility index (Phi) is 6.21. The van der Waals surface area contributed by atoms with Crippen LogP contribution in [0.1, 0.15) is 41.0 Å². The molecule has 0 aliphatic carbocycles. The van der Waals surface area contributed by atoms with Gasteiger partial charge in [-0.1, -0.05) is 27.7 Å². The predicted molar refractivity (Wildman–Crippen MR) is 59.4 cm³/mol. The molecule has 0 aromatic rings. The summed E-state index contributed by atoms with van der Waals surface area (Å²) in [7, 11) is 0. The summed E-state index contributed by atoms with van der Waals surface area (Å²) in [5.74, 6) is -0.753. The maximum atomic E-state index is 11.8. The van der Waals surface area contributed by atoms with Crippen LogP contribution in [0.5, 0.6) is 0 Å². The molecule has 0 heterocycles. The summed E-state index contributed by atoms with van der Waals surface area (Å²) in [6, 6.07) is 0. The highest BCUT2D eigenvalue weighted by Crippen LogP contribution is 2.18. The molecule has 0 aromatic heterocycles. The molecule has 0 N–H and O–H groups in total. The van der Waals surface area contributed by atoms with Crippen LogP contribution in [-0.4, -0.2) is 18.4 Å². The fraction of sp³-hybridized carbons (Fsp3) is 0.833. The third kappa shape index (κ3) is 4.96. The van der Waals surface area contributed by atoms with Crippen molar-refractivity contribution in [3.8, 4) is 0 Å². The lowest BCUT2D eigenvalue weighted by Crippen LogP contribution is -2.30. The summed E-state index contributed by atoms with van der Waals surface area (Å²) in [5.41, 5.74) is 0. The van der Waals surface area contributed by atoms with E-state index in [-0.39, 0.29) is 17.7 Å². The van der Waals surface area contributed by atoms with Crippen molar-refractivity contribution in [2.24, 2.45) is 17.8 Å². The van der Waals surface area contributed by atoms with E-state index in [0.717, 1.165) is 0 Å². The molecule has 0 aliphatic rings. The lowest BCUT2D eigenvalue weighted by molar-refractivity contribution is -0.153. The molecule has 88 valence electrons. The van der Waals surface area contributed by atoms with E-state index in [9.17, 15) is 9.59 Å². The average Bonchev–Trinajstić information content (AvgIpc) is 2.13. The van der Waals surface area contributed by atoms with Crippen LogP contribution >= 0.6 is 0 Å². The Balaban J connectivity index is 4.57. The fourth-order valence-corrected chi connectivity index (χ4v) is 1.45. The van der Waals surface area contributed by atoms with E-state index < -0.39 is 5.92 Å². The predicted octanol–water partition coefficient (Wildman–Crippen LogP) is 2.44. The molecule has 3 heteroatoms. The number of ether oxygens (including phenoxy) is 1. The molecule has 1 atom stereocenters. The zero-order valence-electron chi connectivity index (χ0n) is 10.4. The summed E-state index contributed by atoms with van der Waals surface area (Å²) < 4.78 is 4.92. The first-order chi connectivity index (χ1) is 6.90. The number of esters is 1. The Hall–Kier alpha value is -0.860. The van der Waals surface area contributed by atoms with Crippen molar-refractivity contribution in [2.45, 2.75) is 41.0 Å². The van der Waals surface area contributed by atoms with E-state index in [1.165, 1.54) is 0 Å². The van der Waals surface area contributed by atoms with Gasteiger partial charge in [0.15, 0.2) is 0 Å². The van der Waals surface area contributed by atoms with E-state index in [0.29, 0.717) is 18.9 Å². The maximum absolute atomic E-state index is 11.8. The largest absolute Gasteiger partial charge is 0.465 e. The molecule has 0 bridgehead atoms. The monoisotopic (exact) mass is 214 g/mol. The molecule has 0 aromatic carbocycles. The molecular weight excluding hydrogens is 192 g/mol. The van der Waals surface area contributed by atoms with Gasteiger partial charge in [0.05, 0.1) is 6.61 Å². The Morgan fingerprint density at radius 1 is 1.13 bits per heavy atom. The molecule has 0 radical (unpaired) electrons. The normalized spacial score (nSPS) is 13.0. The third-order valence-electron chi connectivity index (χ3n) is 2.19. The van der Waals surface area contributed by atoms with Gasteiger partial charge in [-0.15, -0.1) is 0 Å². The van der Waals surface area contributed by atoms with Crippen molar-refractivity contribution in [3.63, 3.8) is 0 Å². The Morgan fingerprint density at radius 2 is 1.67 bits per heavy atom. The molecule has 0 saturated heterocycles. The van der Waals surface area contributed by atoms with Crippen LogP contribution in [0.3, 0.4) is 0 Å². The third-order valence-corrected chi connectivity index (χ3v) is 2.19. The highest BCUT2D eigenvalue weighted by molar-refractivity contribution is 5.99. The van der Waals surface area contributed by atoms with E-state index in [1.807, 2.05) is 27.7 Å². The highest BCUT2D eigenvalue weighted by atomic mass is 16.5. The summed E-state index contributed by atoms with van der Waals surface area (Å²) in [6.45, 7) is 9.71. The molecular formula is C12H22O3. The van der Waals surface area contributed by atoms with Gasteiger partial charge in [-0.25, -0.2) is 0 Å². The van der Waals surface area contributed by atoms with Crippen LogP contribution in [0.2, 0.25) is 0 Å². The fourth-order valence-electron chi connectivity index (χ4n) is 1.45. The van der Waals surface area contributed by atoms with Gasteiger partial charge in [0.1, 0.15) is 11.7 Å². The molecule has 0 amide bonds. The molecule has 0 spiro atoms. The summed E-state index contributed by atoms with van der Waals surface area (Å²) >= 11 is 0. The molecule has 0 fully saturated rings. The standard InChI is InChI=1S/C12H22O3/c1-6-15-12(14)10(7-8(2)3)11(13)9(4)5/h8-10H,6-7H2,1-5H3. The van der Waals surface area contributed by atoms with Crippen molar-refractivity contribution >= 4 is 11.8 Å². The van der Waals surface area contributed by atoms with Gasteiger partial charge in [0.25, 0.3) is 0 Å². The lowest BCUT2D eigenvalue weighted by Gasteiger charge is -2.18. The maximum Gasteiger partial charge on any atom is 0.316 e. The number of hydrogen-bond acceptors (Lipinski definition) is 3. The second-order valence-electron chi connectivity index (χ2n) is 4.49. The van der Waals surface area contributed by atoms with Crippen molar-refractivity contribution in [1.29, 1.82) is 0 Å².